The van der Waals surface area contributed by atoms with Crippen LogP contribution in [-0.4, -0.2) is 17.6 Å². The van der Waals surface area contributed by atoms with E-state index in [4.69, 9.17) is 0 Å². The van der Waals surface area contributed by atoms with Crippen LogP contribution in [0.1, 0.15) is 89.2 Å². The Kier molecular flexibility index (Phi) is 14.3. The van der Waals surface area contributed by atoms with Gasteiger partial charge in [0.2, 0.25) is 0 Å². The highest BCUT2D eigenvalue weighted by molar-refractivity contribution is 5.15. The molecule has 0 fully saturated rings. The van der Waals surface area contributed by atoms with E-state index in [1.807, 2.05) is 0 Å². The Morgan fingerprint density at radius 3 is 1.33 bits per heavy atom. The van der Waals surface area contributed by atoms with Crippen LogP contribution >= 0.6 is 0 Å². The number of nitrogens with zero attached hydrogens (tertiary/aromatic N) is 1. The summed E-state index contributed by atoms with van der Waals surface area (Å²) in [6, 6.07) is 22.4. The number of allylic oxidation sites excluding steroid dienone is 4. The van der Waals surface area contributed by atoms with Gasteiger partial charge in [-0.3, -0.25) is 0 Å². The Balaban J connectivity index is 2.07. The van der Waals surface area contributed by atoms with Crippen molar-refractivity contribution in [1.82, 2.24) is 0 Å². The lowest BCUT2D eigenvalue weighted by atomic mass is 10.1. The molecule has 0 aliphatic carbocycles. The normalized spacial score (nSPS) is 12.2. The van der Waals surface area contributed by atoms with Crippen LogP contribution in [0.25, 0.3) is 0 Å². The van der Waals surface area contributed by atoms with E-state index < -0.39 is 0 Å². The van der Waals surface area contributed by atoms with Crippen molar-refractivity contribution in [3.8, 4) is 0 Å². The first-order valence-corrected chi connectivity index (χ1v) is 13.5. The van der Waals surface area contributed by atoms with Gasteiger partial charge in [0, 0.05) is 11.1 Å². The second kappa shape index (κ2) is 17.4. The van der Waals surface area contributed by atoms with Gasteiger partial charge < -0.3 is 4.48 Å². The predicted octanol–water partition coefficient (Wildman–Crippen LogP) is 9.26. The molecule has 0 heterocycles. The molecule has 1 heteroatoms. The number of unbranched alkanes of at least 4 members (excludes halogenated alkanes) is 6. The summed E-state index contributed by atoms with van der Waals surface area (Å²) in [5.74, 6) is 0. The summed E-state index contributed by atoms with van der Waals surface area (Å²) in [5, 5.41) is 0. The largest absolute Gasteiger partial charge is 0.316 e. The number of hydrogen-bond donors (Lipinski definition) is 0. The van der Waals surface area contributed by atoms with Crippen LogP contribution in [-0.2, 0) is 13.1 Å². The van der Waals surface area contributed by atoms with Crippen molar-refractivity contribution in [3.63, 3.8) is 0 Å². The summed E-state index contributed by atoms with van der Waals surface area (Å²) < 4.78 is 1.18. The fourth-order valence-corrected chi connectivity index (χ4v) is 4.77. The zero-order chi connectivity index (χ0) is 23.5. The highest BCUT2D eigenvalue weighted by atomic mass is 15.3. The molecule has 0 N–H and O–H groups in total. The molecule has 0 radical (unpaired) electrons. The lowest BCUT2D eigenvalue weighted by Crippen LogP contribution is -2.48. The van der Waals surface area contributed by atoms with Gasteiger partial charge in [0.1, 0.15) is 13.1 Å². The van der Waals surface area contributed by atoms with Crippen LogP contribution < -0.4 is 0 Å². The van der Waals surface area contributed by atoms with Crippen molar-refractivity contribution in [2.24, 2.45) is 0 Å². The third-order valence-corrected chi connectivity index (χ3v) is 6.53. The van der Waals surface area contributed by atoms with Crippen molar-refractivity contribution in [2.45, 2.75) is 91.1 Å². The summed E-state index contributed by atoms with van der Waals surface area (Å²) in [6.07, 6.45) is 22.1. The summed E-state index contributed by atoms with van der Waals surface area (Å²) in [7, 11) is 0. The van der Waals surface area contributed by atoms with Crippen LogP contribution in [0.4, 0.5) is 0 Å². The van der Waals surface area contributed by atoms with E-state index in [9.17, 15) is 0 Å². The molecule has 0 spiro atoms. The summed E-state index contributed by atoms with van der Waals surface area (Å²) in [4.78, 5) is 0. The smallest absolute Gasteiger partial charge is 0.105 e. The summed E-state index contributed by atoms with van der Waals surface area (Å²) in [5.41, 5.74) is 2.95. The first kappa shape index (κ1) is 27.1. The summed E-state index contributed by atoms with van der Waals surface area (Å²) >= 11 is 0. The van der Waals surface area contributed by atoms with Gasteiger partial charge in [0.25, 0.3) is 0 Å². The van der Waals surface area contributed by atoms with E-state index in [1.54, 1.807) is 0 Å². The lowest BCUT2D eigenvalue weighted by molar-refractivity contribution is -0.954. The zero-order valence-corrected chi connectivity index (χ0v) is 21.4. The average Bonchev–Trinajstić information content (AvgIpc) is 2.84. The number of rotatable bonds is 18. The molecule has 0 saturated heterocycles. The second-order valence-corrected chi connectivity index (χ2v) is 9.53. The maximum Gasteiger partial charge on any atom is 0.105 e. The fraction of sp³-hybridized carbons (Fsp3) is 0.500. The molecule has 0 atom stereocenters. The molecule has 2 rings (SSSR count). The van der Waals surface area contributed by atoms with Gasteiger partial charge in [-0.05, 0) is 64.2 Å². The zero-order valence-electron chi connectivity index (χ0n) is 21.4. The molecule has 33 heavy (non-hydrogen) atoms. The van der Waals surface area contributed by atoms with Crippen LogP contribution in [0.5, 0.6) is 0 Å². The van der Waals surface area contributed by atoms with Gasteiger partial charge in [-0.25, -0.2) is 0 Å². The molecule has 0 aliphatic rings. The van der Waals surface area contributed by atoms with Crippen molar-refractivity contribution >= 4 is 0 Å². The molecule has 2 aromatic carbocycles. The van der Waals surface area contributed by atoms with E-state index in [-0.39, 0.29) is 0 Å². The predicted molar refractivity (Wildman–Crippen MR) is 146 cm³/mol. The first-order chi connectivity index (χ1) is 16.3. The van der Waals surface area contributed by atoms with Crippen molar-refractivity contribution < 1.29 is 4.48 Å². The SMILES string of the molecule is CC/C=C/CCCCC[N+](CCCCC/C=C/CC)(Cc1ccccc1)Cc1ccccc1. The molecule has 1 nitrogen and oxygen atoms in total. The Bertz CT molecular complexity index is 692. The van der Waals surface area contributed by atoms with Crippen LogP contribution in [0.15, 0.2) is 85.0 Å². The number of benzene rings is 2. The van der Waals surface area contributed by atoms with Gasteiger partial charge in [-0.2, -0.15) is 0 Å². The molecule has 0 aromatic heterocycles. The molecule has 0 aliphatic heterocycles. The van der Waals surface area contributed by atoms with Crippen LogP contribution in [0.3, 0.4) is 0 Å². The van der Waals surface area contributed by atoms with Crippen molar-refractivity contribution in [1.29, 1.82) is 0 Å². The highest BCUT2D eigenvalue weighted by Gasteiger charge is 2.27. The maximum absolute atomic E-state index is 2.36. The monoisotopic (exact) mass is 446 g/mol. The second-order valence-electron chi connectivity index (χ2n) is 9.53. The van der Waals surface area contributed by atoms with Crippen molar-refractivity contribution in [3.05, 3.63) is 96.1 Å². The molecule has 0 saturated carbocycles. The Morgan fingerprint density at radius 2 is 0.939 bits per heavy atom. The quantitative estimate of drug-likeness (QED) is 0.122. The number of quaternary nitrogens is 1. The van der Waals surface area contributed by atoms with Crippen molar-refractivity contribution in [2.75, 3.05) is 13.1 Å². The Morgan fingerprint density at radius 1 is 0.515 bits per heavy atom. The maximum atomic E-state index is 2.36. The topological polar surface area (TPSA) is 0 Å². The van der Waals surface area contributed by atoms with Crippen LogP contribution in [0, 0.1) is 0 Å². The standard InChI is InChI=1S/C32H48N/c1-3-5-7-9-11-13-21-27-33(29-31-23-17-15-18-24-31,30-32-25-19-16-20-26-32)28-22-14-12-10-8-6-4-2/h5-8,15-20,23-26H,3-4,9-14,21-22,27-30H2,1-2H3/q+1/b7-5+,8-6+. The lowest BCUT2D eigenvalue weighted by Gasteiger charge is -2.39. The third kappa shape index (κ3) is 12.1. The van der Waals surface area contributed by atoms with E-state index in [2.05, 4.69) is 98.8 Å². The minimum atomic E-state index is 1.14. The van der Waals surface area contributed by atoms with E-state index >= 15 is 0 Å². The van der Waals surface area contributed by atoms with Crippen LogP contribution in [0.2, 0.25) is 0 Å². The highest BCUT2D eigenvalue weighted by Crippen LogP contribution is 2.24. The molecule has 2 aromatic rings. The third-order valence-electron chi connectivity index (χ3n) is 6.53. The molecular weight excluding hydrogens is 398 g/mol. The van der Waals surface area contributed by atoms with Gasteiger partial charge in [0.15, 0.2) is 0 Å². The Labute approximate surface area is 204 Å². The Hall–Kier alpha value is -2.12. The molecule has 0 unspecified atom stereocenters. The fourth-order valence-electron chi connectivity index (χ4n) is 4.77. The minimum absolute atomic E-state index is 1.14. The number of hydrogen-bond acceptors (Lipinski definition) is 0. The first-order valence-electron chi connectivity index (χ1n) is 13.5. The van der Waals surface area contributed by atoms with Gasteiger partial charge in [-0.15, -0.1) is 0 Å². The molecule has 0 amide bonds. The van der Waals surface area contributed by atoms with E-state index in [0.717, 1.165) is 25.9 Å². The molecule has 180 valence electrons. The van der Waals surface area contributed by atoms with Gasteiger partial charge in [-0.1, -0.05) is 98.8 Å². The van der Waals surface area contributed by atoms with E-state index in [0.29, 0.717) is 0 Å². The molecule has 0 bridgehead atoms. The summed E-state index contributed by atoms with van der Waals surface area (Å²) in [6.45, 7) is 9.27. The molecular formula is C32H48N+. The van der Waals surface area contributed by atoms with Gasteiger partial charge >= 0.3 is 0 Å². The van der Waals surface area contributed by atoms with Gasteiger partial charge in [0.05, 0.1) is 13.1 Å². The average molecular weight is 447 g/mol. The minimum Gasteiger partial charge on any atom is -0.316 e. The van der Waals surface area contributed by atoms with E-state index in [1.165, 1.54) is 80.1 Å².